The van der Waals surface area contributed by atoms with Crippen molar-refractivity contribution in [3.63, 3.8) is 0 Å². The van der Waals surface area contributed by atoms with Gasteiger partial charge in [0.15, 0.2) is 0 Å². The van der Waals surface area contributed by atoms with Crippen LogP contribution in [0.2, 0.25) is 10.0 Å². The van der Waals surface area contributed by atoms with E-state index in [1.165, 1.54) is 38.5 Å². The minimum atomic E-state index is 0.667. The Bertz CT molecular complexity index is 536. The van der Waals surface area contributed by atoms with Crippen molar-refractivity contribution in [3.05, 3.63) is 28.2 Å². The molecule has 2 bridgehead atoms. The third-order valence-corrected chi connectivity index (χ3v) is 7.98. The largest absolute Gasteiger partial charge is 0.300 e. The van der Waals surface area contributed by atoms with Gasteiger partial charge in [-0.3, -0.25) is 0 Å². The lowest BCUT2D eigenvalue weighted by atomic mass is 9.78. The Morgan fingerprint density at radius 1 is 1.26 bits per heavy atom. The van der Waals surface area contributed by atoms with E-state index >= 15 is 0 Å². The number of nitrogens with zero attached hydrogens (tertiary/aromatic N) is 1. The second-order valence-corrected chi connectivity index (χ2v) is 8.98. The van der Waals surface area contributed by atoms with E-state index in [0.717, 1.165) is 39.6 Å². The number of rotatable bonds is 6. The third-order valence-electron chi connectivity index (χ3n) is 5.85. The van der Waals surface area contributed by atoms with Crippen molar-refractivity contribution in [1.82, 2.24) is 4.90 Å². The summed E-state index contributed by atoms with van der Waals surface area (Å²) in [6.07, 6.45) is 8.23. The highest BCUT2D eigenvalue weighted by molar-refractivity contribution is 7.99. The molecule has 0 amide bonds. The zero-order chi connectivity index (χ0) is 16.4. The number of halogens is 2. The van der Waals surface area contributed by atoms with E-state index < -0.39 is 0 Å². The van der Waals surface area contributed by atoms with E-state index in [-0.39, 0.29) is 0 Å². The van der Waals surface area contributed by atoms with E-state index in [0.29, 0.717) is 5.02 Å². The minimum Gasteiger partial charge on any atom is -0.300 e. The molecule has 4 heteroatoms. The number of hydrogen-bond acceptors (Lipinski definition) is 2. The maximum absolute atomic E-state index is 6.37. The molecule has 0 radical (unpaired) electrons. The van der Waals surface area contributed by atoms with Gasteiger partial charge in [-0.2, -0.15) is 0 Å². The molecule has 128 valence electrons. The molecule has 2 aliphatic heterocycles. The zero-order valence-corrected chi connectivity index (χ0v) is 16.4. The number of thioether (sulfide) groups is 1. The second kappa shape index (κ2) is 7.99. The van der Waals surface area contributed by atoms with Crippen LogP contribution in [0.5, 0.6) is 0 Å². The fourth-order valence-corrected chi connectivity index (χ4v) is 6.30. The van der Waals surface area contributed by atoms with Gasteiger partial charge in [-0.1, -0.05) is 55.5 Å². The Hall–Kier alpha value is 0.110. The van der Waals surface area contributed by atoms with Gasteiger partial charge in [0.1, 0.15) is 0 Å². The van der Waals surface area contributed by atoms with Crippen LogP contribution in [0.15, 0.2) is 23.1 Å². The van der Waals surface area contributed by atoms with Gasteiger partial charge < -0.3 is 4.90 Å². The van der Waals surface area contributed by atoms with Crippen molar-refractivity contribution in [3.8, 4) is 0 Å². The molecule has 0 saturated carbocycles. The average molecular weight is 372 g/mol. The monoisotopic (exact) mass is 371 g/mol. The Morgan fingerprint density at radius 2 is 2.09 bits per heavy atom. The summed E-state index contributed by atoms with van der Waals surface area (Å²) in [7, 11) is 2.34. The van der Waals surface area contributed by atoms with Crippen molar-refractivity contribution in [2.45, 2.75) is 62.4 Å². The molecule has 0 spiro atoms. The summed E-state index contributed by atoms with van der Waals surface area (Å²) in [6, 6.07) is 7.57. The van der Waals surface area contributed by atoms with Crippen LogP contribution < -0.4 is 0 Å². The molecule has 0 aliphatic carbocycles. The molecule has 2 aliphatic rings. The third kappa shape index (κ3) is 3.86. The van der Waals surface area contributed by atoms with Gasteiger partial charge in [-0.05, 0) is 50.3 Å². The quantitative estimate of drug-likeness (QED) is 0.534. The zero-order valence-electron chi connectivity index (χ0n) is 14.1. The van der Waals surface area contributed by atoms with E-state index in [2.05, 4.69) is 24.9 Å². The van der Waals surface area contributed by atoms with Crippen LogP contribution in [0.25, 0.3) is 0 Å². The van der Waals surface area contributed by atoms with Gasteiger partial charge in [0.25, 0.3) is 0 Å². The molecular weight excluding hydrogens is 345 g/mol. The Balaban J connectivity index is 1.70. The van der Waals surface area contributed by atoms with Crippen LogP contribution in [0.3, 0.4) is 0 Å². The summed E-state index contributed by atoms with van der Waals surface area (Å²) in [5, 5.41) is 1.39. The SMILES string of the molecule is CCCC[C@@H]1CC2CCC([C@H]1CSc1cccc(Cl)c1Cl)N2C. The van der Waals surface area contributed by atoms with Crippen LogP contribution >= 0.6 is 35.0 Å². The molecule has 3 rings (SSSR count). The van der Waals surface area contributed by atoms with Crippen LogP contribution in [-0.4, -0.2) is 29.8 Å². The van der Waals surface area contributed by atoms with Crippen LogP contribution in [0, 0.1) is 11.8 Å². The fraction of sp³-hybridized carbons (Fsp3) is 0.684. The highest BCUT2D eigenvalue weighted by atomic mass is 35.5. The van der Waals surface area contributed by atoms with Gasteiger partial charge in [-0.25, -0.2) is 0 Å². The van der Waals surface area contributed by atoms with Crippen molar-refractivity contribution in [2.75, 3.05) is 12.8 Å². The number of benzene rings is 1. The molecule has 2 heterocycles. The lowest BCUT2D eigenvalue weighted by molar-refractivity contribution is 0.0750. The molecule has 1 aromatic carbocycles. The highest BCUT2D eigenvalue weighted by Crippen LogP contribution is 2.46. The van der Waals surface area contributed by atoms with Gasteiger partial charge in [0.05, 0.1) is 10.0 Å². The summed E-state index contributed by atoms with van der Waals surface area (Å²) in [5.74, 6) is 2.83. The second-order valence-electron chi connectivity index (χ2n) is 7.13. The summed E-state index contributed by atoms with van der Waals surface area (Å²) < 4.78 is 0. The highest BCUT2D eigenvalue weighted by Gasteiger charge is 2.44. The first-order valence-corrected chi connectivity index (χ1v) is 10.6. The Morgan fingerprint density at radius 3 is 2.87 bits per heavy atom. The van der Waals surface area contributed by atoms with Gasteiger partial charge in [-0.15, -0.1) is 11.8 Å². The first-order valence-electron chi connectivity index (χ1n) is 8.90. The first kappa shape index (κ1) is 17.9. The van der Waals surface area contributed by atoms with E-state index in [4.69, 9.17) is 23.2 Å². The predicted molar refractivity (Wildman–Crippen MR) is 103 cm³/mol. The normalized spacial score (nSPS) is 30.8. The fourth-order valence-electron chi connectivity index (χ4n) is 4.51. The smallest absolute Gasteiger partial charge is 0.0728 e. The molecule has 4 atom stereocenters. The molecule has 0 N–H and O–H groups in total. The molecule has 1 nitrogen and oxygen atoms in total. The lowest BCUT2D eigenvalue weighted by Crippen LogP contribution is -2.47. The molecule has 2 unspecified atom stereocenters. The number of unbranched alkanes of at least 4 members (excludes halogenated alkanes) is 1. The summed E-state index contributed by atoms with van der Waals surface area (Å²) >= 11 is 14.4. The van der Waals surface area contributed by atoms with E-state index in [9.17, 15) is 0 Å². The maximum atomic E-state index is 6.37. The number of hydrogen-bond donors (Lipinski definition) is 0. The van der Waals surface area contributed by atoms with Gasteiger partial charge in [0.2, 0.25) is 0 Å². The molecule has 0 aromatic heterocycles. The number of piperidine rings is 1. The molecule has 23 heavy (non-hydrogen) atoms. The van der Waals surface area contributed by atoms with Crippen molar-refractivity contribution >= 4 is 35.0 Å². The van der Waals surface area contributed by atoms with Gasteiger partial charge >= 0.3 is 0 Å². The average Bonchev–Trinajstić information content (AvgIpc) is 2.79. The van der Waals surface area contributed by atoms with Gasteiger partial charge in [0, 0.05) is 22.7 Å². The molecule has 2 fully saturated rings. The van der Waals surface area contributed by atoms with Crippen LogP contribution in [0.4, 0.5) is 0 Å². The van der Waals surface area contributed by atoms with Crippen molar-refractivity contribution in [2.24, 2.45) is 11.8 Å². The molecule has 1 aromatic rings. The van der Waals surface area contributed by atoms with E-state index in [1.807, 2.05) is 23.9 Å². The summed E-state index contributed by atoms with van der Waals surface area (Å²) in [4.78, 5) is 3.80. The lowest BCUT2D eigenvalue weighted by Gasteiger charge is -2.43. The Kier molecular flexibility index (Phi) is 6.23. The summed E-state index contributed by atoms with van der Waals surface area (Å²) in [5.41, 5.74) is 0. The maximum Gasteiger partial charge on any atom is 0.0728 e. The minimum absolute atomic E-state index is 0.667. The summed E-state index contributed by atoms with van der Waals surface area (Å²) in [6.45, 7) is 2.30. The standard InChI is InChI=1S/C19H27Cl2NS/c1-3-4-6-13-11-14-9-10-17(22(14)2)15(13)12-23-18-8-5-7-16(20)19(18)21/h5,7-8,13-15,17H,3-4,6,9-12H2,1-2H3/t13-,14?,15+,17?/m1/s1. The van der Waals surface area contributed by atoms with Crippen molar-refractivity contribution < 1.29 is 0 Å². The van der Waals surface area contributed by atoms with Crippen LogP contribution in [-0.2, 0) is 0 Å². The van der Waals surface area contributed by atoms with E-state index in [1.54, 1.807) is 0 Å². The topological polar surface area (TPSA) is 3.24 Å². The number of fused-ring (bicyclic) bond motifs is 2. The molecule has 2 saturated heterocycles. The first-order chi connectivity index (χ1) is 11.1. The predicted octanol–water partition coefficient (Wildman–Crippen LogP) is 6.37. The molecular formula is C19H27Cl2NS. The van der Waals surface area contributed by atoms with Crippen molar-refractivity contribution in [1.29, 1.82) is 0 Å². The van der Waals surface area contributed by atoms with Crippen LogP contribution in [0.1, 0.15) is 45.4 Å². The Labute approximate surface area is 155 Å².